The minimum Gasteiger partial charge on any atom is -0.381 e. The second-order valence-corrected chi connectivity index (χ2v) is 6.13. The van der Waals surface area contributed by atoms with Crippen molar-refractivity contribution in [2.75, 3.05) is 19.8 Å². The van der Waals surface area contributed by atoms with Crippen LogP contribution in [0.1, 0.15) is 28.9 Å². The molecule has 1 N–H and O–H groups in total. The zero-order valence-electron chi connectivity index (χ0n) is 11.5. The van der Waals surface area contributed by atoms with E-state index in [0.717, 1.165) is 41.7 Å². The van der Waals surface area contributed by atoms with Crippen molar-refractivity contribution in [3.63, 3.8) is 0 Å². The van der Waals surface area contributed by atoms with Gasteiger partial charge in [0.2, 0.25) is 0 Å². The molecule has 0 bridgehead atoms. The minimum absolute atomic E-state index is 0.0765. The van der Waals surface area contributed by atoms with Crippen LogP contribution in [-0.4, -0.2) is 30.0 Å². The number of benzene rings is 1. The van der Waals surface area contributed by atoms with Crippen LogP contribution in [0.15, 0.2) is 18.2 Å². The molecule has 2 aromatic rings. The van der Waals surface area contributed by atoms with Crippen molar-refractivity contribution in [2.45, 2.75) is 19.8 Å². The lowest BCUT2D eigenvalue weighted by atomic mass is 10.0. The summed E-state index contributed by atoms with van der Waals surface area (Å²) in [4.78, 5) is 12.3. The van der Waals surface area contributed by atoms with Gasteiger partial charge in [-0.1, -0.05) is 11.6 Å². The Bertz CT molecular complexity index is 617. The SMILES string of the molecule is Cc1ccc2snc(C(=O)NC[C@@H]3CCCOC3)c2c1. The van der Waals surface area contributed by atoms with Crippen LogP contribution in [0.4, 0.5) is 0 Å². The van der Waals surface area contributed by atoms with E-state index < -0.39 is 0 Å². The molecule has 0 saturated carbocycles. The highest BCUT2D eigenvalue weighted by atomic mass is 32.1. The van der Waals surface area contributed by atoms with Gasteiger partial charge in [0, 0.05) is 18.5 Å². The Hall–Kier alpha value is -1.46. The van der Waals surface area contributed by atoms with Crippen LogP contribution in [0.3, 0.4) is 0 Å². The maximum absolute atomic E-state index is 12.3. The summed E-state index contributed by atoms with van der Waals surface area (Å²) < 4.78 is 10.8. The number of nitrogens with one attached hydrogen (secondary N) is 1. The fourth-order valence-corrected chi connectivity index (χ4v) is 3.26. The third-order valence-corrected chi connectivity index (χ3v) is 4.47. The molecule has 1 amide bonds. The monoisotopic (exact) mass is 290 g/mol. The van der Waals surface area contributed by atoms with E-state index in [1.54, 1.807) is 0 Å². The molecular weight excluding hydrogens is 272 g/mol. The lowest BCUT2D eigenvalue weighted by Gasteiger charge is -2.21. The van der Waals surface area contributed by atoms with Crippen LogP contribution in [0, 0.1) is 12.8 Å². The molecule has 5 heteroatoms. The molecule has 3 rings (SSSR count). The third kappa shape index (κ3) is 2.83. The first kappa shape index (κ1) is 13.5. The Labute approximate surface area is 122 Å². The maximum Gasteiger partial charge on any atom is 0.271 e. The van der Waals surface area contributed by atoms with Crippen molar-refractivity contribution in [1.29, 1.82) is 0 Å². The zero-order valence-corrected chi connectivity index (χ0v) is 12.3. The molecule has 1 aromatic carbocycles. The highest BCUT2D eigenvalue weighted by molar-refractivity contribution is 7.13. The number of hydrogen-bond donors (Lipinski definition) is 1. The molecule has 2 heterocycles. The van der Waals surface area contributed by atoms with Gasteiger partial charge < -0.3 is 10.1 Å². The summed E-state index contributed by atoms with van der Waals surface area (Å²) in [7, 11) is 0. The zero-order chi connectivity index (χ0) is 13.9. The second kappa shape index (κ2) is 5.89. The molecule has 106 valence electrons. The summed E-state index contributed by atoms with van der Waals surface area (Å²) in [5.74, 6) is 0.353. The Morgan fingerprint density at radius 3 is 3.25 bits per heavy atom. The van der Waals surface area contributed by atoms with Crippen molar-refractivity contribution in [1.82, 2.24) is 9.69 Å². The smallest absolute Gasteiger partial charge is 0.271 e. The van der Waals surface area contributed by atoms with Crippen LogP contribution < -0.4 is 5.32 Å². The van der Waals surface area contributed by atoms with Gasteiger partial charge in [-0.3, -0.25) is 4.79 Å². The molecule has 20 heavy (non-hydrogen) atoms. The van der Waals surface area contributed by atoms with Crippen LogP contribution in [0.2, 0.25) is 0 Å². The molecule has 1 aliphatic rings. The summed E-state index contributed by atoms with van der Waals surface area (Å²) >= 11 is 1.38. The molecule has 0 radical (unpaired) electrons. The number of hydrogen-bond acceptors (Lipinski definition) is 4. The molecule has 0 spiro atoms. The number of carbonyl (C=O) groups is 1. The van der Waals surface area contributed by atoms with Crippen LogP contribution in [0.25, 0.3) is 10.1 Å². The number of fused-ring (bicyclic) bond motifs is 1. The van der Waals surface area contributed by atoms with E-state index >= 15 is 0 Å². The highest BCUT2D eigenvalue weighted by Gasteiger charge is 2.18. The van der Waals surface area contributed by atoms with E-state index in [0.29, 0.717) is 18.2 Å². The molecular formula is C15H18N2O2S. The van der Waals surface area contributed by atoms with E-state index in [1.165, 1.54) is 11.5 Å². The largest absolute Gasteiger partial charge is 0.381 e. The lowest BCUT2D eigenvalue weighted by molar-refractivity contribution is 0.0536. The quantitative estimate of drug-likeness (QED) is 0.945. The van der Waals surface area contributed by atoms with E-state index in [-0.39, 0.29) is 5.91 Å². The number of amides is 1. The van der Waals surface area contributed by atoms with Crippen LogP contribution in [0.5, 0.6) is 0 Å². The van der Waals surface area contributed by atoms with E-state index in [9.17, 15) is 4.79 Å². The van der Waals surface area contributed by atoms with Gasteiger partial charge in [0.25, 0.3) is 5.91 Å². The summed E-state index contributed by atoms with van der Waals surface area (Å²) in [6.45, 7) is 4.29. The fourth-order valence-electron chi connectivity index (χ4n) is 2.51. The highest BCUT2D eigenvalue weighted by Crippen LogP contribution is 2.24. The van der Waals surface area contributed by atoms with Gasteiger partial charge in [0.15, 0.2) is 0 Å². The average molecular weight is 290 g/mol. The standard InChI is InChI=1S/C15H18N2O2S/c1-10-4-5-13-12(7-10)14(17-20-13)15(18)16-8-11-3-2-6-19-9-11/h4-5,7,11H,2-3,6,8-9H2,1H3,(H,16,18)/t11-/m0/s1. The topological polar surface area (TPSA) is 51.2 Å². The molecule has 1 aromatic heterocycles. The Morgan fingerprint density at radius 2 is 2.45 bits per heavy atom. The van der Waals surface area contributed by atoms with Crippen molar-refractivity contribution in [2.24, 2.45) is 5.92 Å². The summed E-state index contributed by atoms with van der Waals surface area (Å²) in [5.41, 5.74) is 1.69. The number of ether oxygens (including phenoxy) is 1. The fraction of sp³-hybridized carbons (Fsp3) is 0.467. The minimum atomic E-state index is -0.0765. The predicted octanol–water partition coefficient (Wildman–Crippen LogP) is 2.76. The lowest BCUT2D eigenvalue weighted by Crippen LogP contribution is -2.33. The van der Waals surface area contributed by atoms with Gasteiger partial charge in [-0.25, -0.2) is 0 Å². The van der Waals surface area contributed by atoms with Gasteiger partial charge in [-0.15, -0.1) is 0 Å². The van der Waals surface area contributed by atoms with Gasteiger partial charge in [0.1, 0.15) is 5.69 Å². The number of nitrogens with zero attached hydrogens (tertiary/aromatic N) is 1. The van der Waals surface area contributed by atoms with E-state index in [4.69, 9.17) is 4.74 Å². The number of aromatic nitrogens is 1. The first-order valence-corrected chi connectivity index (χ1v) is 7.73. The maximum atomic E-state index is 12.3. The molecule has 0 aliphatic carbocycles. The second-order valence-electron chi connectivity index (χ2n) is 5.32. The predicted molar refractivity (Wildman–Crippen MR) is 80.2 cm³/mol. The van der Waals surface area contributed by atoms with Crippen LogP contribution in [-0.2, 0) is 4.74 Å². The van der Waals surface area contributed by atoms with Crippen LogP contribution >= 0.6 is 11.5 Å². The third-order valence-electron chi connectivity index (χ3n) is 3.65. The van der Waals surface area contributed by atoms with Gasteiger partial charge in [-0.05, 0) is 49.3 Å². The van der Waals surface area contributed by atoms with Gasteiger partial charge in [0.05, 0.1) is 11.3 Å². The molecule has 1 aliphatic heterocycles. The van der Waals surface area contributed by atoms with Crippen molar-refractivity contribution < 1.29 is 9.53 Å². The van der Waals surface area contributed by atoms with Crippen molar-refractivity contribution >= 4 is 27.5 Å². The van der Waals surface area contributed by atoms with Gasteiger partial charge >= 0.3 is 0 Å². The number of carbonyl (C=O) groups excluding carboxylic acids is 1. The van der Waals surface area contributed by atoms with Crippen molar-refractivity contribution in [3.05, 3.63) is 29.5 Å². The normalized spacial score (nSPS) is 19.1. The Morgan fingerprint density at radius 1 is 1.55 bits per heavy atom. The average Bonchev–Trinajstić information content (AvgIpc) is 2.89. The first-order valence-electron chi connectivity index (χ1n) is 6.96. The van der Waals surface area contributed by atoms with E-state index in [1.807, 2.05) is 25.1 Å². The Kier molecular flexibility index (Phi) is 3.98. The molecule has 0 unspecified atom stereocenters. The molecule has 1 fully saturated rings. The summed E-state index contributed by atoms with van der Waals surface area (Å²) in [5, 5.41) is 3.94. The first-order chi connectivity index (χ1) is 9.74. The molecule has 1 saturated heterocycles. The van der Waals surface area contributed by atoms with Crippen molar-refractivity contribution in [3.8, 4) is 0 Å². The van der Waals surface area contributed by atoms with Gasteiger partial charge in [-0.2, -0.15) is 4.37 Å². The Balaban J connectivity index is 1.70. The number of aryl methyl sites for hydroxylation is 1. The number of rotatable bonds is 3. The molecule has 1 atom stereocenters. The molecule has 4 nitrogen and oxygen atoms in total. The summed E-state index contributed by atoms with van der Waals surface area (Å²) in [6.07, 6.45) is 2.20. The van der Waals surface area contributed by atoms with E-state index in [2.05, 4.69) is 9.69 Å². The summed E-state index contributed by atoms with van der Waals surface area (Å²) in [6, 6.07) is 6.09.